The van der Waals surface area contributed by atoms with Crippen LogP contribution in [-0.4, -0.2) is 41.5 Å². The summed E-state index contributed by atoms with van der Waals surface area (Å²) < 4.78 is 0. The molecule has 2 N–H and O–H groups in total. The highest BCUT2D eigenvalue weighted by Crippen LogP contribution is 2.08. The van der Waals surface area contributed by atoms with Crippen molar-refractivity contribution in [2.75, 3.05) is 14.1 Å². The van der Waals surface area contributed by atoms with Gasteiger partial charge in [-0.3, -0.25) is 0 Å². The molecule has 11 heavy (non-hydrogen) atoms. The minimum absolute atomic E-state index is 0.292. The van der Waals surface area contributed by atoms with Gasteiger partial charge in [-0.15, -0.1) is 0 Å². The van der Waals surface area contributed by atoms with E-state index in [1.165, 1.54) is 0 Å². The summed E-state index contributed by atoms with van der Waals surface area (Å²) in [6, 6.07) is 0.292. The normalized spacial score (nSPS) is 14.5. The molecule has 3 nitrogen and oxygen atoms in total. The van der Waals surface area contributed by atoms with Crippen LogP contribution in [0.2, 0.25) is 0 Å². The first-order chi connectivity index (χ1) is 5.07. The molecule has 0 spiro atoms. The van der Waals surface area contributed by atoms with Gasteiger partial charge < -0.3 is 15.1 Å². The fraction of sp³-hybridized carbons (Fsp3) is 1.00. The summed E-state index contributed by atoms with van der Waals surface area (Å²) in [5, 5.41) is 17.5. The molecule has 0 saturated carbocycles. The van der Waals surface area contributed by atoms with Gasteiger partial charge in [0.25, 0.3) is 0 Å². The van der Waals surface area contributed by atoms with Crippen molar-refractivity contribution in [3.63, 3.8) is 0 Å². The van der Waals surface area contributed by atoms with Crippen molar-refractivity contribution in [3.05, 3.63) is 0 Å². The van der Waals surface area contributed by atoms with Gasteiger partial charge in [0.1, 0.15) is 0 Å². The zero-order valence-electron chi connectivity index (χ0n) is 7.62. The third-order valence-electron chi connectivity index (χ3n) is 1.84. The quantitative estimate of drug-likeness (QED) is 0.574. The number of hydrogen-bond donors (Lipinski definition) is 2. The summed E-state index contributed by atoms with van der Waals surface area (Å²) in [6.45, 7) is 2.10. The van der Waals surface area contributed by atoms with E-state index in [1.54, 1.807) is 0 Å². The molecule has 1 atom stereocenters. The molecular weight excluding hydrogens is 142 g/mol. The van der Waals surface area contributed by atoms with Gasteiger partial charge in [0.2, 0.25) is 0 Å². The summed E-state index contributed by atoms with van der Waals surface area (Å²) >= 11 is 0. The van der Waals surface area contributed by atoms with Crippen LogP contribution in [0.4, 0.5) is 0 Å². The van der Waals surface area contributed by atoms with Crippen LogP contribution in [0.1, 0.15) is 26.2 Å². The standard InChI is InChI=1S/C8H19NO2/c1-4-5-7(9(2)3)6-8(10)11/h7-8,10-11H,4-6H2,1-3H3. The highest BCUT2D eigenvalue weighted by atomic mass is 16.5. The molecule has 3 heteroatoms. The van der Waals surface area contributed by atoms with Crippen LogP contribution in [0.25, 0.3) is 0 Å². The van der Waals surface area contributed by atoms with Gasteiger partial charge in [0.05, 0.1) is 0 Å². The average molecular weight is 161 g/mol. The summed E-state index contributed by atoms with van der Waals surface area (Å²) in [5.41, 5.74) is 0. The number of aliphatic hydroxyl groups excluding tert-OH is 1. The van der Waals surface area contributed by atoms with E-state index in [4.69, 9.17) is 10.2 Å². The maximum atomic E-state index is 8.73. The van der Waals surface area contributed by atoms with Crippen molar-refractivity contribution in [2.45, 2.75) is 38.5 Å². The Kier molecular flexibility index (Phi) is 5.46. The maximum Gasteiger partial charge on any atom is 0.152 e. The molecule has 0 aromatic rings. The summed E-state index contributed by atoms with van der Waals surface area (Å²) in [6.07, 6.45) is 1.37. The Morgan fingerprint density at radius 3 is 2.09 bits per heavy atom. The Morgan fingerprint density at radius 2 is 1.82 bits per heavy atom. The Morgan fingerprint density at radius 1 is 1.27 bits per heavy atom. The molecular formula is C8H19NO2. The molecule has 0 heterocycles. The van der Waals surface area contributed by atoms with Gasteiger partial charge >= 0.3 is 0 Å². The number of rotatable bonds is 5. The first kappa shape index (κ1) is 10.9. The Labute approximate surface area is 68.6 Å². The van der Waals surface area contributed by atoms with Crippen molar-refractivity contribution in [3.8, 4) is 0 Å². The molecule has 68 valence electrons. The third kappa shape index (κ3) is 5.18. The summed E-state index contributed by atoms with van der Waals surface area (Å²) in [4.78, 5) is 2.03. The van der Waals surface area contributed by atoms with Gasteiger partial charge in [-0.2, -0.15) is 0 Å². The van der Waals surface area contributed by atoms with E-state index in [0.717, 1.165) is 12.8 Å². The molecule has 0 amide bonds. The van der Waals surface area contributed by atoms with Gasteiger partial charge in [-0.25, -0.2) is 0 Å². The molecule has 0 aromatic carbocycles. The minimum atomic E-state index is -1.17. The Hall–Kier alpha value is -0.120. The van der Waals surface area contributed by atoms with Crippen molar-refractivity contribution >= 4 is 0 Å². The fourth-order valence-electron chi connectivity index (χ4n) is 1.16. The average Bonchev–Trinajstić information content (AvgIpc) is 1.86. The number of hydrogen-bond acceptors (Lipinski definition) is 3. The molecule has 0 rings (SSSR count). The molecule has 0 aliphatic heterocycles. The molecule has 0 aliphatic carbocycles. The zero-order chi connectivity index (χ0) is 8.85. The number of nitrogens with zero attached hydrogens (tertiary/aromatic N) is 1. The fourth-order valence-corrected chi connectivity index (χ4v) is 1.16. The van der Waals surface area contributed by atoms with Gasteiger partial charge in [0, 0.05) is 12.5 Å². The Bertz CT molecular complexity index is 94.1. The predicted octanol–water partition coefficient (Wildman–Crippen LogP) is 0.418. The highest BCUT2D eigenvalue weighted by Gasteiger charge is 2.13. The SMILES string of the molecule is CCCC(CC(O)O)N(C)C. The lowest BCUT2D eigenvalue weighted by Gasteiger charge is -2.24. The van der Waals surface area contributed by atoms with E-state index in [1.807, 2.05) is 19.0 Å². The second-order valence-corrected chi connectivity index (χ2v) is 3.12. The molecule has 0 aliphatic rings. The van der Waals surface area contributed by atoms with Crippen molar-refractivity contribution in [1.82, 2.24) is 4.90 Å². The van der Waals surface area contributed by atoms with E-state index in [2.05, 4.69) is 6.92 Å². The summed E-state index contributed by atoms with van der Waals surface area (Å²) in [5.74, 6) is 0. The monoisotopic (exact) mass is 161 g/mol. The van der Waals surface area contributed by atoms with Crippen LogP contribution in [0, 0.1) is 0 Å². The lowest BCUT2D eigenvalue weighted by atomic mass is 10.1. The zero-order valence-corrected chi connectivity index (χ0v) is 7.62. The number of aliphatic hydroxyl groups is 2. The Balaban J connectivity index is 3.69. The lowest BCUT2D eigenvalue weighted by Crippen LogP contribution is -2.31. The van der Waals surface area contributed by atoms with Crippen LogP contribution in [0.5, 0.6) is 0 Å². The molecule has 0 saturated heterocycles. The third-order valence-corrected chi connectivity index (χ3v) is 1.84. The first-order valence-electron chi connectivity index (χ1n) is 4.10. The largest absolute Gasteiger partial charge is 0.368 e. The van der Waals surface area contributed by atoms with E-state index >= 15 is 0 Å². The van der Waals surface area contributed by atoms with Crippen molar-refractivity contribution < 1.29 is 10.2 Å². The molecule has 0 bridgehead atoms. The van der Waals surface area contributed by atoms with Gasteiger partial charge in [-0.05, 0) is 20.5 Å². The van der Waals surface area contributed by atoms with E-state index in [9.17, 15) is 0 Å². The smallest absolute Gasteiger partial charge is 0.152 e. The van der Waals surface area contributed by atoms with Crippen molar-refractivity contribution in [1.29, 1.82) is 0 Å². The predicted molar refractivity (Wildman–Crippen MR) is 45.2 cm³/mol. The van der Waals surface area contributed by atoms with Crippen LogP contribution >= 0.6 is 0 Å². The van der Waals surface area contributed by atoms with Gasteiger partial charge in [-0.1, -0.05) is 13.3 Å². The topological polar surface area (TPSA) is 43.7 Å². The van der Waals surface area contributed by atoms with Crippen LogP contribution < -0.4 is 0 Å². The van der Waals surface area contributed by atoms with Crippen LogP contribution in [0.15, 0.2) is 0 Å². The van der Waals surface area contributed by atoms with Crippen LogP contribution in [0.3, 0.4) is 0 Å². The molecule has 0 aromatic heterocycles. The van der Waals surface area contributed by atoms with Gasteiger partial charge in [0.15, 0.2) is 6.29 Å². The second kappa shape index (κ2) is 5.52. The minimum Gasteiger partial charge on any atom is -0.368 e. The maximum absolute atomic E-state index is 8.73. The second-order valence-electron chi connectivity index (χ2n) is 3.12. The van der Waals surface area contributed by atoms with E-state index < -0.39 is 6.29 Å². The molecule has 1 unspecified atom stereocenters. The molecule has 0 radical (unpaired) electrons. The van der Waals surface area contributed by atoms with Crippen LogP contribution in [-0.2, 0) is 0 Å². The van der Waals surface area contributed by atoms with E-state index in [0.29, 0.717) is 12.5 Å². The lowest BCUT2D eigenvalue weighted by molar-refractivity contribution is -0.0594. The van der Waals surface area contributed by atoms with E-state index in [-0.39, 0.29) is 0 Å². The molecule has 0 fully saturated rings. The first-order valence-corrected chi connectivity index (χ1v) is 4.10. The summed E-state index contributed by atoms with van der Waals surface area (Å²) in [7, 11) is 3.92. The van der Waals surface area contributed by atoms with Crippen molar-refractivity contribution in [2.24, 2.45) is 0 Å². The highest BCUT2D eigenvalue weighted by molar-refractivity contribution is 4.65.